The molecule has 2 atom stereocenters. The maximum absolute atomic E-state index is 9.72. The minimum atomic E-state index is -0.604. The highest BCUT2D eigenvalue weighted by molar-refractivity contribution is 9.10. The highest BCUT2D eigenvalue weighted by atomic mass is 79.9. The number of ether oxygens (including phenoxy) is 1. The molecule has 0 saturated heterocycles. The Kier molecular flexibility index (Phi) is 6.63. The van der Waals surface area contributed by atoms with Crippen LogP contribution in [-0.2, 0) is 0 Å². The summed E-state index contributed by atoms with van der Waals surface area (Å²) in [6.45, 7) is 4.52. The van der Waals surface area contributed by atoms with Crippen LogP contribution in [0.1, 0.15) is 12.5 Å². The van der Waals surface area contributed by atoms with Crippen molar-refractivity contribution in [1.82, 2.24) is 5.32 Å². The molecule has 102 valence electrons. The van der Waals surface area contributed by atoms with Crippen molar-refractivity contribution in [3.05, 3.63) is 28.2 Å². The summed E-state index contributed by atoms with van der Waals surface area (Å²) >= 11 is 3.42. The van der Waals surface area contributed by atoms with Crippen molar-refractivity contribution in [3.8, 4) is 5.75 Å². The van der Waals surface area contributed by atoms with Gasteiger partial charge >= 0.3 is 0 Å². The molecule has 0 aliphatic carbocycles. The second kappa shape index (κ2) is 7.74. The van der Waals surface area contributed by atoms with E-state index in [1.165, 1.54) is 0 Å². The Labute approximate surface area is 116 Å². The van der Waals surface area contributed by atoms with Gasteiger partial charge in [-0.15, -0.1) is 0 Å². The molecule has 18 heavy (non-hydrogen) atoms. The van der Waals surface area contributed by atoms with Gasteiger partial charge in [0.2, 0.25) is 0 Å². The molecule has 0 saturated carbocycles. The molecule has 1 aromatic rings. The largest absolute Gasteiger partial charge is 0.490 e. The van der Waals surface area contributed by atoms with E-state index in [2.05, 4.69) is 21.2 Å². The molecule has 0 amide bonds. The van der Waals surface area contributed by atoms with E-state index in [0.29, 0.717) is 6.54 Å². The summed E-state index contributed by atoms with van der Waals surface area (Å²) in [5, 5.41) is 21.6. The van der Waals surface area contributed by atoms with E-state index in [1.54, 1.807) is 0 Å². The molecule has 3 N–H and O–H groups in total. The average Bonchev–Trinajstić information content (AvgIpc) is 2.34. The van der Waals surface area contributed by atoms with Crippen molar-refractivity contribution in [2.45, 2.75) is 26.0 Å². The van der Waals surface area contributed by atoms with E-state index in [-0.39, 0.29) is 19.3 Å². The Morgan fingerprint density at radius 3 is 2.78 bits per heavy atom. The highest BCUT2D eigenvalue weighted by Gasteiger charge is 2.08. The number of hydrogen-bond acceptors (Lipinski definition) is 4. The third-order valence-electron chi connectivity index (χ3n) is 2.49. The van der Waals surface area contributed by atoms with E-state index in [0.717, 1.165) is 15.8 Å². The summed E-state index contributed by atoms with van der Waals surface area (Å²) in [5.41, 5.74) is 1.15. The minimum absolute atomic E-state index is 0.0224. The van der Waals surface area contributed by atoms with Gasteiger partial charge in [0.1, 0.15) is 18.5 Å². The number of aryl methyl sites for hydroxylation is 1. The smallest absolute Gasteiger partial charge is 0.133 e. The number of benzene rings is 1. The number of aliphatic hydroxyl groups excluding tert-OH is 2. The lowest BCUT2D eigenvalue weighted by molar-refractivity contribution is 0.100. The van der Waals surface area contributed by atoms with Crippen molar-refractivity contribution in [2.75, 3.05) is 19.8 Å². The van der Waals surface area contributed by atoms with Gasteiger partial charge in [0.05, 0.1) is 11.1 Å². The maximum Gasteiger partial charge on any atom is 0.133 e. The molecule has 0 aliphatic heterocycles. The van der Waals surface area contributed by atoms with Gasteiger partial charge in [-0.3, -0.25) is 0 Å². The van der Waals surface area contributed by atoms with Crippen molar-refractivity contribution in [1.29, 1.82) is 0 Å². The molecule has 2 unspecified atom stereocenters. The molecular formula is C13H20BrNO3. The maximum atomic E-state index is 9.72. The quantitative estimate of drug-likeness (QED) is 0.712. The van der Waals surface area contributed by atoms with Crippen LogP contribution in [0, 0.1) is 6.92 Å². The summed E-state index contributed by atoms with van der Waals surface area (Å²) in [6, 6.07) is 5.77. The fourth-order valence-electron chi connectivity index (χ4n) is 1.37. The van der Waals surface area contributed by atoms with Gasteiger partial charge in [0.25, 0.3) is 0 Å². The van der Waals surface area contributed by atoms with Crippen molar-refractivity contribution in [2.24, 2.45) is 0 Å². The number of rotatable bonds is 7. The summed E-state index contributed by atoms with van der Waals surface area (Å²) in [4.78, 5) is 0. The molecule has 1 rings (SSSR count). The number of hydrogen-bond donors (Lipinski definition) is 3. The van der Waals surface area contributed by atoms with Crippen LogP contribution in [0.25, 0.3) is 0 Å². The first kappa shape index (κ1) is 15.4. The van der Waals surface area contributed by atoms with E-state index >= 15 is 0 Å². The minimum Gasteiger partial charge on any atom is -0.490 e. The monoisotopic (exact) mass is 317 g/mol. The van der Waals surface area contributed by atoms with Gasteiger partial charge in [-0.25, -0.2) is 0 Å². The Balaban J connectivity index is 2.35. The first-order valence-electron chi connectivity index (χ1n) is 5.94. The topological polar surface area (TPSA) is 61.7 Å². The van der Waals surface area contributed by atoms with Gasteiger partial charge in [-0.1, -0.05) is 6.07 Å². The fourth-order valence-corrected chi connectivity index (χ4v) is 1.98. The van der Waals surface area contributed by atoms with Crippen molar-refractivity contribution < 1.29 is 14.9 Å². The summed E-state index contributed by atoms with van der Waals surface area (Å²) in [5.74, 6) is 0.717. The van der Waals surface area contributed by atoms with Gasteiger partial charge in [-0.2, -0.15) is 0 Å². The highest BCUT2D eigenvalue weighted by Crippen LogP contribution is 2.25. The Morgan fingerprint density at radius 2 is 2.17 bits per heavy atom. The van der Waals surface area contributed by atoms with Crippen LogP contribution in [0.3, 0.4) is 0 Å². The predicted octanol–water partition coefficient (Wildman–Crippen LogP) is 1.47. The van der Waals surface area contributed by atoms with E-state index in [4.69, 9.17) is 9.84 Å². The standard InChI is InChI=1S/C13H20BrNO3/c1-9-3-4-13(12(14)5-9)18-8-11(17)6-15-10(2)7-16/h3-5,10-11,15-17H,6-8H2,1-2H3. The average molecular weight is 318 g/mol. The van der Waals surface area contributed by atoms with E-state index in [9.17, 15) is 5.11 Å². The lowest BCUT2D eigenvalue weighted by Crippen LogP contribution is -2.38. The number of halogens is 1. The summed E-state index contributed by atoms with van der Waals surface area (Å²) in [6.07, 6.45) is -0.604. The zero-order valence-corrected chi connectivity index (χ0v) is 12.3. The molecule has 0 aliphatic rings. The lowest BCUT2D eigenvalue weighted by atomic mass is 10.2. The summed E-state index contributed by atoms with van der Waals surface area (Å²) in [7, 11) is 0. The Hall–Kier alpha value is -0.620. The molecule has 0 heterocycles. The second-order valence-corrected chi connectivity index (χ2v) is 5.24. The van der Waals surface area contributed by atoms with Crippen molar-refractivity contribution in [3.63, 3.8) is 0 Å². The number of aliphatic hydroxyl groups is 2. The first-order chi connectivity index (χ1) is 8.52. The third-order valence-corrected chi connectivity index (χ3v) is 3.11. The van der Waals surface area contributed by atoms with E-state index < -0.39 is 6.10 Å². The molecule has 0 fully saturated rings. The molecule has 0 spiro atoms. The van der Waals surface area contributed by atoms with Gasteiger partial charge < -0.3 is 20.3 Å². The fraction of sp³-hybridized carbons (Fsp3) is 0.538. The van der Waals surface area contributed by atoms with Crippen molar-refractivity contribution >= 4 is 15.9 Å². The van der Waals surface area contributed by atoms with Crippen LogP contribution >= 0.6 is 15.9 Å². The van der Waals surface area contributed by atoms with Crippen LogP contribution in [0.5, 0.6) is 5.75 Å². The van der Waals surface area contributed by atoms with E-state index in [1.807, 2.05) is 32.0 Å². The summed E-state index contributed by atoms with van der Waals surface area (Å²) < 4.78 is 6.40. The Bertz CT molecular complexity index is 373. The molecular weight excluding hydrogens is 298 g/mol. The van der Waals surface area contributed by atoms with Gasteiger partial charge in [-0.05, 0) is 47.5 Å². The lowest BCUT2D eigenvalue weighted by Gasteiger charge is -2.16. The molecule has 1 aromatic carbocycles. The van der Waals surface area contributed by atoms with Crippen LogP contribution in [0.2, 0.25) is 0 Å². The van der Waals surface area contributed by atoms with Gasteiger partial charge in [0, 0.05) is 12.6 Å². The van der Waals surface area contributed by atoms with Crippen LogP contribution in [-0.4, -0.2) is 42.1 Å². The van der Waals surface area contributed by atoms with Gasteiger partial charge in [0.15, 0.2) is 0 Å². The molecule has 4 nitrogen and oxygen atoms in total. The van der Waals surface area contributed by atoms with Crippen LogP contribution in [0.15, 0.2) is 22.7 Å². The first-order valence-corrected chi connectivity index (χ1v) is 6.73. The zero-order chi connectivity index (χ0) is 13.5. The van der Waals surface area contributed by atoms with Crippen LogP contribution in [0.4, 0.5) is 0 Å². The Morgan fingerprint density at radius 1 is 1.44 bits per heavy atom. The van der Waals surface area contributed by atoms with Crippen LogP contribution < -0.4 is 10.1 Å². The third kappa shape index (κ3) is 5.35. The predicted molar refractivity (Wildman–Crippen MR) is 74.9 cm³/mol. The number of nitrogens with one attached hydrogen (secondary N) is 1. The SMILES string of the molecule is Cc1ccc(OCC(O)CNC(C)CO)c(Br)c1. The molecule has 5 heteroatoms. The zero-order valence-electron chi connectivity index (χ0n) is 10.7. The molecule has 0 radical (unpaired) electrons. The normalized spacial score (nSPS) is 14.3. The molecule has 0 bridgehead atoms. The second-order valence-electron chi connectivity index (χ2n) is 4.39. The molecule has 0 aromatic heterocycles.